The first kappa shape index (κ1) is 18.0. The number of hydrogen-bond donors (Lipinski definition) is 0. The molecule has 0 radical (unpaired) electrons. The quantitative estimate of drug-likeness (QED) is 0.751. The van der Waals surface area contributed by atoms with Crippen molar-refractivity contribution in [2.45, 2.75) is 66.2 Å². The van der Waals surface area contributed by atoms with E-state index in [1.54, 1.807) is 0 Å². The van der Waals surface area contributed by atoms with Crippen LogP contribution in [0, 0.1) is 11.3 Å². The Morgan fingerprint density at radius 3 is 2.48 bits per heavy atom. The lowest BCUT2D eigenvalue weighted by atomic mass is 9.66. The molecule has 0 bridgehead atoms. The molecule has 0 aromatic heterocycles. The first-order valence-electron chi connectivity index (χ1n) is 9.12. The Morgan fingerprint density at radius 2 is 1.91 bits per heavy atom. The fourth-order valence-corrected chi connectivity index (χ4v) is 4.13. The second kappa shape index (κ2) is 7.07. The van der Waals surface area contributed by atoms with Crippen LogP contribution in [0.25, 0.3) is 0 Å². The van der Waals surface area contributed by atoms with Gasteiger partial charge in [-0.2, -0.15) is 0 Å². The van der Waals surface area contributed by atoms with Crippen LogP contribution in [-0.4, -0.2) is 23.9 Å². The van der Waals surface area contributed by atoms with Gasteiger partial charge in [-0.1, -0.05) is 65.8 Å². The standard InChI is InChI=1S/C21H33NO/c1-7-20(23)22-13-12-19(21(4,5)6)18(14-22)17-11-9-8-10-16(17)15(2)3/h8-11,15,18-19H,7,12-14H2,1-6H3. The molecule has 1 saturated heterocycles. The van der Waals surface area contributed by atoms with Crippen LogP contribution in [0.2, 0.25) is 0 Å². The van der Waals surface area contributed by atoms with E-state index in [1.807, 2.05) is 6.92 Å². The molecule has 1 aromatic rings. The average molecular weight is 316 g/mol. The summed E-state index contributed by atoms with van der Waals surface area (Å²) in [5, 5.41) is 0. The van der Waals surface area contributed by atoms with Gasteiger partial charge in [0, 0.05) is 25.4 Å². The minimum Gasteiger partial charge on any atom is -0.342 e. The molecule has 2 rings (SSSR count). The summed E-state index contributed by atoms with van der Waals surface area (Å²) < 4.78 is 0. The lowest BCUT2D eigenvalue weighted by Gasteiger charge is -2.45. The number of benzene rings is 1. The molecule has 1 aromatic carbocycles. The molecule has 2 unspecified atom stereocenters. The van der Waals surface area contributed by atoms with Gasteiger partial charge in [-0.25, -0.2) is 0 Å². The van der Waals surface area contributed by atoms with E-state index in [-0.39, 0.29) is 5.41 Å². The summed E-state index contributed by atoms with van der Waals surface area (Å²) in [4.78, 5) is 14.3. The van der Waals surface area contributed by atoms with E-state index in [9.17, 15) is 4.79 Å². The molecule has 2 atom stereocenters. The molecule has 23 heavy (non-hydrogen) atoms. The van der Waals surface area contributed by atoms with Gasteiger partial charge in [0.2, 0.25) is 5.91 Å². The minimum absolute atomic E-state index is 0.260. The third-order valence-corrected chi connectivity index (χ3v) is 5.40. The first-order chi connectivity index (χ1) is 10.8. The van der Waals surface area contributed by atoms with Gasteiger partial charge in [0.05, 0.1) is 0 Å². The number of rotatable bonds is 3. The van der Waals surface area contributed by atoms with Crippen molar-refractivity contribution in [1.82, 2.24) is 4.90 Å². The van der Waals surface area contributed by atoms with E-state index in [4.69, 9.17) is 0 Å². The molecule has 1 aliphatic heterocycles. The molecular formula is C21H33NO. The molecule has 1 amide bonds. The fourth-order valence-electron chi connectivity index (χ4n) is 4.13. The number of carbonyl (C=O) groups excluding carboxylic acids is 1. The van der Waals surface area contributed by atoms with Crippen LogP contribution in [0.4, 0.5) is 0 Å². The van der Waals surface area contributed by atoms with Crippen molar-refractivity contribution < 1.29 is 4.79 Å². The number of amides is 1. The Labute approximate surface area is 142 Å². The molecule has 1 fully saturated rings. The lowest BCUT2D eigenvalue weighted by molar-refractivity contribution is -0.133. The summed E-state index contributed by atoms with van der Waals surface area (Å²) in [6, 6.07) is 8.85. The number of carbonyl (C=O) groups is 1. The zero-order chi connectivity index (χ0) is 17.2. The molecule has 1 aliphatic rings. The van der Waals surface area contributed by atoms with Gasteiger partial charge >= 0.3 is 0 Å². The fraction of sp³-hybridized carbons (Fsp3) is 0.667. The maximum absolute atomic E-state index is 12.2. The summed E-state index contributed by atoms with van der Waals surface area (Å²) in [7, 11) is 0. The van der Waals surface area contributed by atoms with Crippen LogP contribution in [0.3, 0.4) is 0 Å². The number of hydrogen-bond acceptors (Lipinski definition) is 1. The Hall–Kier alpha value is -1.31. The largest absolute Gasteiger partial charge is 0.342 e. The highest BCUT2D eigenvalue weighted by atomic mass is 16.2. The monoisotopic (exact) mass is 315 g/mol. The van der Waals surface area contributed by atoms with Crippen LogP contribution in [0.5, 0.6) is 0 Å². The highest BCUT2D eigenvalue weighted by molar-refractivity contribution is 5.76. The van der Waals surface area contributed by atoms with E-state index in [0.29, 0.717) is 30.1 Å². The summed E-state index contributed by atoms with van der Waals surface area (Å²) in [5.41, 5.74) is 3.16. The molecular weight excluding hydrogens is 282 g/mol. The molecule has 0 N–H and O–H groups in total. The van der Waals surface area contributed by atoms with Gasteiger partial charge in [-0.05, 0) is 34.8 Å². The van der Waals surface area contributed by atoms with Crippen molar-refractivity contribution in [3.05, 3.63) is 35.4 Å². The van der Waals surface area contributed by atoms with E-state index >= 15 is 0 Å². The Kier molecular flexibility index (Phi) is 5.54. The van der Waals surface area contributed by atoms with Gasteiger partial charge < -0.3 is 4.90 Å². The van der Waals surface area contributed by atoms with Gasteiger partial charge in [0.15, 0.2) is 0 Å². The minimum atomic E-state index is 0.260. The molecule has 0 aliphatic carbocycles. The zero-order valence-corrected chi connectivity index (χ0v) is 15.7. The van der Waals surface area contributed by atoms with Crippen molar-refractivity contribution in [2.24, 2.45) is 11.3 Å². The van der Waals surface area contributed by atoms with Crippen molar-refractivity contribution >= 4 is 5.91 Å². The molecule has 128 valence electrons. The van der Waals surface area contributed by atoms with Crippen LogP contribution < -0.4 is 0 Å². The first-order valence-corrected chi connectivity index (χ1v) is 9.12. The molecule has 0 spiro atoms. The normalized spacial score (nSPS) is 22.5. The topological polar surface area (TPSA) is 20.3 Å². The van der Waals surface area contributed by atoms with Crippen molar-refractivity contribution in [2.75, 3.05) is 13.1 Å². The molecule has 1 heterocycles. The summed E-state index contributed by atoms with van der Waals surface area (Å²) in [5.74, 6) is 1.87. The van der Waals surface area contributed by atoms with E-state index in [1.165, 1.54) is 11.1 Å². The average Bonchev–Trinajstić information content (AvgIpc) is 2.52. The van der Waals surface area contributed by atoms with Crippen molar-refractivity contribution in [1.29, 1.82) is 0 Å². The summed E-state index contributed by atoms with van der Waals surface area (Å²) >= 11 is 0. The number of likely N-dealkylation sites (tertiary alicyclic amines) is 1. The van der Waals surface area contributed by atoms with E-state index in [2.05, 4.69) is 63.8 Å². The zero-order valence-electron chi connectivity index (χ0n) is 15.7. The summed E-state index contributed by atoms with van der Waals surface area (Å²) in [6.07, 6.45) is 1.71. The highest BCUT2D eigenvalue weighted by Gasteiger charge is 2.39. The Morgan fingerprint density at radius 1 is 1.26 bits per heavy atom. The van der Waals surface area contributed by atoms with Gasteiger partial charge in [-0.15, -0.1) is 0 Å². The smallest absolute Gasteiger partial charge is 0.222 e. The third kappa shape index (κ3) is 3.97. The lowest BCUT2D eigenvalue weighted by Crippen LogP contribution is -2.46. The predicted molar refractivity (Wildman–Crippen MR) is 97.7 cm³/mol. The predicted octanol–water partition coefficient (Wildman–Crippen LogP) is 5.20. The molecule has 2 nitrogen and oxygen atoms in total. The second-order valence-electron chi connectivity index (χ2n) is 8.34. The van der Waals surface area contributed by atoms with E-state index in [0.717, 1.165) is 19.5 Å². The maximum Gasteiger partial charge on any atom is 0.222 e. The second-order valence-corrected chi connectivity index (χ2v) is 8.34. The van der Waals surface area contributed by atoms with Crippen LogP contribution in [-0.2, 0) is 4.79 Å². The molecule has 2 heteroatoms. The van der Waals surface area contributed by atoms with Crippen LogP contribution >= 0.6 is 0 Å². The van der Waals surface area contributed by atoms with E-state index < -0.39 is 0 Å². The Balaban J connectivity index is 2.41. The highest BCUT2D eigenvalue weighted by Crippen LogP contribution is 2.45. The van der Waals surface area contributed by atoms with Crippen molar-refractivity contribution in [3.63, 3.8) is 0 Å². The van der Waals surface area contributed by atoms with Crippen molar-refractivity contribution in [3.8, 4) is 0 Å². The van der Waals surface area contributed by atoms with Gasteiger partial charge in [0.25, 0.3) is 0 Å². The SMILES string of the molecule is CCC(=O)N1CCC(C(C)(C)C)C(c2ccccc2C(C)C)C1. The Bertz CT molecular complexity index is 541. The van der Waals surface area contributed by atoms with Crippen LogP contribution in [0.1, 0.15) is 77.3 Å². The van der Waals surface area contributed by atoms with Gasteiger partial charge in [-0.3, -0.25) is 4.79 Å². The number of nitrogens with zero attached hydrogens (tertiary/aromatic N) is 1. The third-order valence-electron chi connectivity index (χ3n) is 5.40. The maximum atomic E-state index is 12.2. The van der Waals surface area contributed by atoms with Gasteiger partial charge in [0.1, 0.15) is 0 Å². The van der Waals surface area contributed by atoms with Crippen LogP contribution in [0.15, 0.2) is 24.3 Å². The summed E-state index contributed by atoms with van der Waals surface area (Å²) in [6.45, 7) is 15.3. The molecule has 0 saturated carbocycles. The number of piperidine rings is 1.